The maximum atomic E-state index is 14.2. The number of ether oxygens (including phenoxy) is 1. The summed E-state index contributed by atoms with van der Waals surface area (Å²) in [6.45, 7) is 1.85. The molecule has 26 heavy (non-hydrogen) atoms. The lowest BCUT2D eigenvalue weighted by Crippen LogP contribution is -2.46. The number of nitrogens with zero attached hydrogens (tertiary/aromatic N) is 2. The van der Waals surface area contributed by atoms with Gasteiger partial charge in [0, 0.05) is 17.6 Å². The molecule has 0 saturated heterocycles. The summed E-state index contributed by atoms with van der Waals surface area (Å²) in [6.07, 6.45) is 0. The quantitative estimate of drug-likeness (QED) is 0.746. The van der Waals surface area contributed by atoms with Crippen molar-refractivity contribution in [1.82, 2.24) is 4.90 Å². The summed E-state index contributed by atoms with van der Waals surface area (Å²) in [4.78, 5) is 27.7. The van der Waals surface area contributed by atoms with Crippen molar-refractivity contribution in [2.45, 2.75) is 19.5 Å². The molecular weight excluding hydrogens is 359 g/mol. The highest BCUT2D eigenvalue weighted by Crippen LogP contribution is 2.38. The van der Waals surface area contributed by atoms with Crippen LogP contribution in [0.5, 0.6) is 0 Å². The van der Waals surface area contributed by atoms with E-state index in [4.69, 9.17) is 16.3 Å². The molecule has 7 heteroatoms. The van der Waals surface area contributed by atoms with Crippen LogP contribution in [0, 0.1) is 5.82 Å². The Balaban J connectivity index is 2.11. The van der Waals surface area contributed by atoms with E-state index < -0.39 is 11.8 Å². The van der Waals surface area contributed by atoms with Crippen molar-refractivity contribution in [3.63, 3.8) is 0 Å². The fourth-order valence-corrected chi connectivity index (χ4v) is 3.26. The van der Waals surface area contributed by atoms with Gasteiger partial charge in [0.15, 0.2) is 0 Å². The van der Waals surface area contributed by atoms with Gasteiger partial charge in [-0.25, -0.2) is 14.0 Å². The van der Waals surface area contributed by atoms with E-state index in [2.05, 4.69) is 0 Å². The molecule has 0 bridgehead atoms. The molecule has 0 aliphatic carbocycles. The number of fused-ring (bicyclic) bond motifs is 1. The molecule has 2 aromatic rings. The van der Waals surface area contributed by atoms with E-state index in [1.807, 2.05) is 6.92 Å². The zero-order chi connectivity index (χ0) is 19.0. The molecule has 0 spiro atoms. The number of carbonyl (C=O) groups is 2. The predicted octanol–water partition coefficient (Wildman–Crippen LogP) is 4.40. The van der Waals surface area contributed by atoms with E-state index in [9.17, 15) is 14.0 Å². The first kappa shape index (κ1) is 18.2. The average molecular weight is 377 g/mol. The molecule has 3 rings (SSSR count). The van der Waals surface area contributed by atoms with Crippen LogP contribution in [0.1, 0.15) is 34.5 Å². The summed E-state index contributed by atoms with van der Waals surface area (Å²) in [7, 11) is 2.97. The Morgan fingerprint density at radius 1 is 1.31 bits per heavy atom. The molecule has 2 amide bonds. The van der Waals surface area contributed by atoms with Gasteiger partial charge in [0.05, 0.1) is 30.9 Å². The summed E-state index contributed by atoms with van der Waals surface area (Å²) in [5.74, 6) is -0.993. The van der Waals surface area contributed by atoms with Crippen molar-refractivity contribution in [3.05, 3.63) is 63.9 Å². The maximum absolute atomic E-state index is 14.2. The fourth-order valence-electron chi connectivity index (χ4n) is 3.04. The topological polar surface area (TPSA) is 49.9 Å². The molecule has 136 valence electrons. The SMILES string of the molecule is COC(=O)c1ccc2c(c1)N(Cc1c(F)cccc1Cl)C(=O)N(C)[C@H]2C. The zero-order valence-corrected chi connectivity index (χ0v) is 15.4. The minimum absolute atomic E-state index is 0.0426. The first-order chi connectivity index (χ1) is 12.3. The summed E-state index contributed by atoms with van der Waals surface area (Å²) in [5, 5.41) is 0.241. The molecule has 0 fully saturated rings. The van der Waals surface area contributed by atoms with Gasteiger partial charge < -0.3 is 9.64 Å². The molecule has 1 atom stereocenters. The van der Waals surface area contributed by atoms with Gasteiger partial charge >= 0.3 is 12.0 Å². The smallest absolute Gasteiger partial charge is 0.337 e. The Hall–Kier alpha value is -2.60. The van der Waals surface area contributed by atoms with Crippen LogP contribution in [-0.4, -0.2) is 31.1 Å². The van der Waals surface area contributed by atoms with Crippen LogP contribution in [0.3, 0.4) is 0 Å². The van der Waals surface area contributed by atoms with Crippen LogP contribution in [-0.2, 0) is 11.3 Å². The lowest BCUT2D eigenvalue weighted by Gasteiger charge is -2.39. The Labute approximate surface area is 155 Å². The van der Waals surface area contributed by atoms with Gasteiger partial charge in [-0.3, -0.25) is 4.90 Å². The molecule has 1 aliphatic heterocycles. The second kappa shape index (κ2) is 6.96. The highest BCUT2D eigenvalue weighted by molar-refractivity contribution is 6.31. The third-order valence-corrected chi connectivity index (χ3v) is 5.04. The van der Waals surface area contributed by atoms with Crippen molar-refractivity contribution in [3.8, 4) is 0 Å². The maximum Gasteiger partial charge on any atom is 0.337 e. The highest BCUT2D eigenvalue weighted by Gasteiger charge is 2.34. The molecule has 1 aliphatic rings. The van der Waals surface area contributed by atoms with Gasteiger partial charge in [-0.1, -0.05) is 23.7 Å². The number of methoxy groups -OCH3 is 1. The van der Waals surface area contributed by atoms with E-state index in [1.165, 1.54) is 24.1 Å². The molecule has 2 aromatic carbocycles. The average Bonchev–Trinajstić information content (AvgIpc) is 2.64. The van der Waals surface area contributed by atoms with E-state index in [1.54, 1.807) is 36.2 Å². The zero-order valence-electron chi connectivity index (χ0n) is 14.6. The molecule has 0 unspecified atom stereocenters. The minimum atomic E-state index is -0.504. The second-order valence-electron chi connectivity index (χ2n) is 6.12. The van der Waals surface area contributed by atoms with Crippen LogP contribution in [0.15, 0.2) is 36.4 Å². The lowest BCUT2D eigenvalue weighted by molar-refractivity contribution is 0.0600. The molecule has 1 heterocycles. The van der Waals surface area contributed by atoms with Gasteiger partial charge in [0.2, 0.25) is 0 Å². The van der Waals surface area contributed by atoms with Crippen molar-refractivity contribution in [2.24, 2.45) is 0 Å². The normalized spacial score (nSPS) is 16.5. The van der Waals surface area contributed by atoms with Crippen LogP contribution in [0.4, 0.5) is 14.9 Å². The summed E-state index contributed by atoms with van der Waals surface area (Å²) < 4.78 is 19.0. The highest BCUT2D eigenvalue weighted by atomic mass is 35.5. The number of benzene rings is 2. The van der Waals surface area contributed by atoms with Crippen molar-refractivity contribution in [1.29, 1.82) is 0 Å². The van der Waals surface area contributed by atoms with Crippen LogP contribution in [0.25, 0.3) is 0 Å². The van der Waals surface area contributed by atoms with Gasteiger partial charge in [-0.2, -0.15) is 0 Å². The number of carbonyl (C=O) groups excluding carboxylic acids is 2. The Morgan fingerprint density at radius 3 is 2.69 bits per heavy atom. The number of rotatable bonds is 3. The number of urea groups is 1. The number of halogens is 2. The van der Waals surface area contributed by atoms with Crippen molar-refractivity contribution >= 4 is 29.3 Å². The Morgan fingerprint density at radius 2 is 2.04 bits per heavy atom. The van der Waals surface area contributed by atoms with Gasteiger partial charge in [0.25, 0.3) is 0 Å². The van der Waals surface area contributed by atoms with Gasteiger partial charge in [0.1, 0.15) is 5.82 Å². The number of esters is 1. The monoisotopic (exact) mass is 376 g/mol. The van der Waals surface area contributed by atoms with Crippen LogP contribution < -0.4 is 4.90 Å². The number of hydrogen-bond donors (Lipinski definition) is 0. The second-order valence-corrected chi connectivity index (χ2v) is 6.53. The van der Waals surface area contributed by atoms with Gasteiger partial charge in [-0.05, 0) is 36.8 Å². The first-order valence-corrected chi connectivity index (χ1v) is 8.42. The van der Waals surface area contributed by atoms with Crippen molar-refractivity contribution in [2.75, 3.05) is 19.1 Å². The Bertz CT molecular complexity index is 867. The lowest BCUT2D eigenvalue weighted by atomic mass is 9.98. The Kier molecular flexibility index (Phi) is 4.87. The number of anilines is 1. The van der Waals surface area contributed by atoms with E-state index in [-0.39, 0.29) is 29.2 Å². The van der Waals surface area contributed by atoms with E-state index >= 15 is 0 Å². The van der Waals surface area contributed by atoms with Crippen molar-refractivity contribution < 1.29 is 18.7 Å². The van der Waals surface area contributed by atoms with Gasteiger partial charge in [-0.15, -0.1) is 0 Å². The number of amides is 2. The molecule has 0 saturated carbocycles. The third-order valence-electron chi connectivity index (χ3n) is 4.68. The fraction of sp³-hybridized carbons (Fsp3) is 0.263. The largest absolute Gasteiger partial charge is 0.465 e. The molecule has 0 radical (unpaired) electrons. The molecule has 0 N–H and O–H groups in total. The standard InChI is InChI=1S/C19H18ClFN2O3/c1-11-13-8-7-12(18(24)26-3)9-17(13)23(19(25)22(11)2)10-14-15(20)5-4-6-16(14)21/h4-9,11H,10H2,1-3H3/t11-/m0/s1. The van der Waals surface area contributed by atoms with E-state index in [0.717, 1.165) is 5.56 Å². The molecular formula is C19H18ClFN2O3. The minimum Gasteiger partial charge on any atom is -0.465 e. The van der Waals surface area contributed by atoms with Crippen LogP contribution in [0.2, 0.25) is 5.02 Å². The first-order valence-electron chi connectivity index (χ1n) is 8.04. The molecule has 0 aromatic heterocycles. The van der Waals surface area contributed by atoms with Crippen LogP contribution >= 0.6 is 11.6 Å². The predicted molar refractivity (Wildman–Crippen MR) is 96.9 cm³/mol. The summed E-state index contributed by atoms with van der Waals surface area (Å²) in [6, 6.07) is 8.93. The molecule has 5 nitrogen and oxygen atoms in total. The van der Waals surface area contributed by atoms with E-state index in [0.29, 0.717) is 11.3 Å². The summed E-state index contributed by atoms with van der Waals surface area (Å²) in [5.41, 5.74) is 1.94. The number of hydrogen-bond acceptors (Lipinski definition) is 3. The summed E-state index contributed by atoms with van der Waals surface area (Å²) >= 11 is 6.13. The third kappa shape index (κ3) is 3.01.